The lowest BCUT2D eigenvalue weighted by Gasteiger charge is -2.29. The lowest BCUT2D eigenvalue weighted by molar-refractivity contribution is 0.110. The quantitative estimate of drug-likeness (QED) is 0.902. The summed E-state index contributed by atoms with van der Waals surface area (Å²) in [5, 5.41) is 20.7. The maximum atomic E-state index is 10.9. The van der Waals surface area contributed by atoms with Gasteiger partial charge in [-0.1, -0.05) is 48.5 Å². The first kappa shape index (κ1) is 12.9. The van der Waals surface area contributed by atoms with Crippen molar-refractivity contribution in [2.75, 3.05) is 0 Å². The topological polar surface area (TPSA) is 44.0 Å². The van der Waals surface area contributed by atoms with Gasteiger partial charge in [-0.25, -0.2) is 0 Å². The second-order valence-electron chi connectivity index (χ2n) is 5.50. The molecule has 0 aromatic heterocycles. The molecule has 1 aliphatic rings. The Bertz CT molecular complexity index is 686. The van der Waals surface area contributed by atoms with E-state index in [4.69, 9.17) is 0 Å². The van der Waals surface area contributed by atoms with Crippen LogP contribution in [-0.2, 0) is 11.8 Å². The van der Waals surface area contributed by atoms with Gasteiger partial charge in [0.15, 0.2) is 0 Å². The summed E-state index contributed by atoms with van der Waals surface area (Å²) in [6.07, 6.45) is 0.753. The summed E-state index contributed by atoms with van der Waals surface area (Å²) in [6, 6.07) is 18.1. The van der Waals surface area contributed by atoms with E-state index in [1.807, 2.05) is 49.4 Å². The van der Waals surface area contributed by atoms with Gasteiger partial charge in [0, 0.05) is 0 Å². The highest BCUT2D eigenvalue weighted by Crippen LogP contribution is 2.47. The van der Waals surface area contributed by atoms with Gasteiger partial charge in [0.25, 0.3) is 0 Å². The molecule has 2 nitrogen and oxygen atoms in total. The molecule has 20 heavy (non-hydrogen) atoms. The van der Waals surface area contributed by atoms with Crippen LogP contribution in [0.25, 0.3) is 0 Å². The van der Waals surface area contributed by atoms with Crippen molar-refractivity contribution >= 4 is 0 Å². The molecular formula is C18H17NO. The molecule has 0 spiro atoms. The van der Waals surface area contributed by atoms with Gasteiger partial charge in [-0.15, -0.1) is 0 Å². The predicted octanol–water partition coefficient (Wildman–Crippen LogP) is 3.44. The van der Waals surface area contributed by atoms with Crippen LogP contribution in [-0.4, -0.2) is 5.11 Å². The van der Waals surface area contributed by atoms with Crippen LogP contribution < -0.4 is 0 Å². The van der Waals surface area contributed by atoms with Crippen molar-refractivity contribution in [3.63, 3.8) is 0 Å². The Morgan fingerprint density at radius 2 is 1.85 bits per heavy atom. The van der Waals surface area contributed by atoms with Crippen molar-refractivity contribution in [3.8, 4) is 6.07 Å². The zero-order chi connectivity index (χ0) is 14.2. The molecule has 2 unspecified atom stereocenters. The Hall–Kier alpha value is -2.11. The molecule has 2 aromatic rings. The number of aliphatic hydroxyl groups is 1. The lowest BCUT2D eigenvalue weighted by atomic mass is 9.74. The van der Waals surface area contributed by atoms with Gasteiger partial charge in [0.2, 0.25) is 0 Å². The van der Waals surface area contributed by atoms with Gasteiger partial charge in [0.05, 0.1) is 6.07 Å². The molecule has 2 heteroatoms. The molecule has 2 aromatic carbocycles. The molecule has 1 N–H and O–H groups in total. The molecule has 0 radical (unpaired) electrons. The third-order valence-corrected chi connectivity index (χ3v) is 4.44. The third-order valence-electron chi connectivity index (χ3n) is 4.44. The number of nitriles is 1. The van der Waals surface area contributed by atoms with Crippen molar-refractivity contribution in [2.24, 2.45) is 0 Å². The fraction of sp³-hybridized carbons (Fsp3) is 0.278. The molecule has 3 rings (SSSR count). The van der Waals surface area contributed by atoms with Gasteiger partial charge >= 0.3 is 0 Å². The van der Waals surface area contributed by atoms with Crippen molar-refractivity contribution < 1.29 is 5.11 Å². The molecule has 0 amide bonds. The fourth-order valence-electron chi connectivity index (χ4n) is 3.26. The van der Waals surface area contributed by atoms with Crippen LogP contribution in [0, 0.1) is 18.3 Å². The van der Waals surface area contributed by atoms with E-state index in [0.717, 1.165) is 23.1 Å². The number of aryl methyl sites for hydroxylation is 2. The highest BCUT2D eigenvalue weighted by Gasteiger charge is 2.46. The summed E-state index contributed by atoms with van der Waals surface area (Å²) >= 11 is 0. The van der Waals surface area contributed by atoms with Gasteiger partial charge < -0.3 is 5.11 Å². The van der Waals surface area contributed by atoms with Crippen molar-refractivity contribution in [3.05, 3.63) is 70.8 Å². The Kier molecular flexibility index (Phi) is 3.08. The van der Waals surface area contributed by atoms with Crippen LogP contribution in [0.2, 0.25) is 0 Å². The van der Waals surface area contributed by atoms with Gasteiger partial charge in [-0.05, 0) is 42.0 Å². The van der Waals surface area contributed by atoms with Crippen LogP contribution in [0.3, 0.4) is 0 Å². The number of hydrogen-bond donors (Lipinski definition) is 1. The maximum absolute atomic E-state index is 10.9. The first-order valence-electron chi connectivity index (χ1n) is 6.92. The summed E-state index contributed by atoms with van der Waals surface area (Å²) < 4.78 is 0. The molecular weight excluding hydrogens is 246 g/mol. The molecule has 0 fully saturated rings. The van der Waals surface area contributed by atoms with Crippen molar-refractivity contribution in [1.82, 2.24) is 0 Å². The molecule has 1 aliphatic carbocycles. The fourth-order valence-corrected chi connectivity index (χ4v) is 3.26. The number of rotatable bonds is 2. The average Bonchev–Trinajstić information content (AvgIpc) is 2.87. The molecule has 0 saturated carbocycles. The first-order valence-corrected chi connectivity index (χ1v) is 6.92. The van der Waals surface area contributed by atoms with Crippen LogP contribution in [0.15, 0.2) is 48.5 Å². The van der Waals surface area contributed by atoms with Gasteiger partial charge in [0.1, 0.15) is 11.5 Å². The number of benzene rings is 2. The normalized spacial score (nSPS) is 22.1. The van der Waals surface area contributed by atoms with E-state index in [-0.39, 0.29) is 0 Å². The van der Waals surface area contributed by atoms with Crippen molar-refractivity contribution in [1.29, 1.82) is 5.26 Å². The van der Waals surface area contributed by atoms with Crippen LogP contribution in [0.5, 0.6) is 0 Å². The average molecular weight is 263 g/mol. The number of hydrogen-bond acceptors (Lipinski definition) is 2. The van der Waals surface area contributed by atoms with Gasteiger partial charge in [-0.2, -0.15) is 5.26 Å². The SMILES string of the molecule is Cc1ccccc1C(O)C1(C#N)CCc2ccccc21. The lowest BCUT2D eigenvalue weighted by Crippen LogP contribution is -2.30. The minimum Gasteiger partial charge on any atom is -0.386 e. The zero-order valence-electron chi connectivity index (χ0n) is 11.5. The van der Waals surface area contributed by atoms with Crippen molar-refractivity contribution in [2.45, 2.75) is 31.3 Å². The van der Waals surface area contributed by atoms with Crippen LogP contribution in [0.1, 0.15) is 34.8 Å². The van der Waals surface area contributed by atoms with Crippen LogP contribution in [0.4, 0.5) is 0 Å². The highest BCUT2D eigenvalue weighted by atomic mass is 16.3. The minimum absolute atomic E-state index is 0.679. The Morgan fingerprint density at radius 1 is 1.15 bits per heavy atom. The summed E-state index contributed by atoms with van der Waals surface area (Å²) in [4.78, 5) is 0. The number of aliphatic hydroxyl groups excluding tert-OH is 1. The summed E-state index contributed by atoms with van der Waals surface area (Å²) in [5.41, 5.74) is 3.23. The zero-order valence-corrected chi connectivity index (χ0v) is 11.5. The second kappa shape index (κ2) is 4.77. The van der Waals surface area contributed by atoms with E-state index in [2.05, 4.69) is 12.1 Å². The molecule has 2 atom stereocenters. The smallest absolute Gasteiger partial charge is 0.113 e. The van der Waals surface area contributed by atoms with E-state index < -0.39 is 11.5 Å². The standard InChI is InChI=1S/C18H17NO/c1-13-6-2-4-8-15(13)17(20)18(12-19)11-10-14-7-3-5-9-16(14)18/h2-9,17,20H,10-11H2,1H3. The molecule has 100 valence electrons. The van der Waals surface area contributed by atoms with Gasteiger partial charge in [-0.3, -0.25) is 0 Å². The number of fused-ring (bicyclic) bond motifs is 1. The Morgan fingerprint density at radius 3 is 2.60 bits per heavy atom. The molecule has 0 saturated heterocycles. The van der Waals surface area contributed by atoms with E-state index in [1.165, 1.54) is 5.56 Å². The first-order chi connectivity index (χ1) is 9.69. The Balaban J connectivity index is 2.13. The Labute approximate surface area is 119 Å². The summed E-state index contributed by atoms with van der Waals surface area (Å²) in [7, 11) is 0. The largest absolute Gasteiger partial charge is 0.386 e. The predicted molar refractivity (Wildman–Crippen MR) is 78.2 cm³/mol. The maximum Gasteiger partial charge on any atom is 0.113 e. The summed E-state index contributed by atoms with van der Waals surface area (Å²) in [6.45, 7) is 1.98. The van der Waals surface area contributed by atoms with E-state index >= 15 is 0 Å². The molecule has 0 bridgehead atoms. The van der Waals surface area contributed by atoms with E-state index in [9.17, 15) is 10.4 Å². The van der Waals surface area contributed by atoms with E-state index in [1.54, 1.807) is 0 Å². The monoisotopic (exact) mass is 263 g/mol. The third kappa shape index (κ3) is 1.75. The molecule has 0 heterocycles. The summed E-state index contributed by atoms with van der Waals surface area (Å²) in [5.74, 6) is 0. The van der Waals surface area contributed by atoms with E-state index in [0.29, 0.717) is 6.42 Å². The van der Waals surface area contributed by atoms with Crippen LogP contribution >= 0.6 is 0 Å². The highest BCUT2D eigenvalue weighted by molar-refractivity contribution is 5.48. The number of nitrogens with zero attached hydrogens (tertiary/aromatic N) is 1. The second-order valence-corrected chi connectivity index (χ2v) is 5.50. The molecule has 0 aliphatic heterocycles. The minimum atomic E-state index is -0.817.